The van der Waals surface area contributed by atoms with Gasteiger partial charge in [0.25, 0.3) is 0 Å². The Morgan fingerprint density at radius 2 is 2.08 bits per heavy atom. The fourth-order valence-electron chi connectivity index (χ4n) is 6.14. The lowest BCUT2D eigenvalue weighted by atomic mass is 9.68. The Labute approximate surface area is 212 Å². The number of halogens is 1. The zero-order chi connectivity index (χ0) is 25.1. The number of hydrogen-bond acceptors (Lipinski definition) is 3. The number of amides is 1. The number of rotatable bonds is 9. The maximum atomic E-state index is 13.4. The molecule has 0 aliphatic heterocycles. The van der Waals surface area contributed by atoms with Crippen LogP contribution in [0, 0.1) is 17.2 Å². The van der Waals surface area contributed by atoms with Gasteiger partial charge in [0.15, 0.2) is 0 Å². The molecule has 2 aliphatic carbocycles. The number of benzene rings is 1. The van der Waals surface area contributed by atoms with Crippen molar-refractivity contribution in [1.29, 1.82) is 0 Å². The summed E-state index contributed by atoms with van der Waals surface area (Å²) >= 11 is 0. The van der Waals surface area contributed by atoms with E-state index in [4.69, 9.17) is 0 Å². The van der Waals surface area contributed by atoms with Gasteiger partial charge in [-0.15, -0.1) is 0 Å². The molecule has 36 heavy (non-hydrogen) atoms. The number of nitrogens with zero attached hydrogens (tertiary/aromatic N) is 3. The molecule has 3 atom stereocenters. The highest BCUT2D eigenvalue weighted by atomic mass is 19.1. The quantitative estimate of drug-likeness (QED) is 0.399. The number of carbonyl (C=O) groups excluding carboxylic acids is 1. The molecule has 1 fully saturated rings. The molecule has 188 valence electrons. The Hall–Kier alpha value is -3.28. The van der Waals surface area contributed by atoms with E-state index < -0.39 is 0 Å². The first kappa shape index (κ1) is 24.4. The Morgan fingerprint density at radius 3 is 2.83 bits per heavy atom. The first-order valence-electron chi connectivity index (χ1n) is 13.2. The van der Waals surface area contributed by atoms with Crippen LogP contribution >= 0.6 is 0 Å². The second-order valence-electron chi connectivity index (χ2n) is 10.6. The summed E-state index contributed by atoms with van der Waals surface area (Å²) in [5, 5.41) is 8.00. The number of carbonyl (C=O) groups is 1. The molecule has 1 amide bonds. The molecule has 5 rings (SSSR count). The van der Waals surface area contributed by atoms with E-state index >= 15 is 0 Å². The normalized spacial score (nSPS) is 21.4. The van der Waals surface area contributed by atoms with Crippen molar-refractivity contribution >= 4 is 12.0 Å². The van der Waals surface area contributed by atoms with Gasteiger partial charge in [0.1, 0.15) is 5.82 Å². The molecule has 1 N–H and O–H groups in total. The van der Waals surface area contributed by atoms with Crippen LogP contribution in [0.15, 0.2) is 60.6 Å². The van der Waals surface area contributed by atoms with Crippen LogP contribution in [0.25, 0.3) is 11.8 Å². The van der Waals surface area contributed by atoms with E-state index in [9.17, 15) is 9.18 Å². The molecule has 5 nitrogen and oxygen atoms in total. The van der Waals surface area contributed by atoms with Gasteiger partial charge in [-0.05, 0) is 97.4 Å². The number of allylic oxidation sites excluding steroid dienone is 1. The van der Waals surface area contributed by atoms with Crippen LogP contribution in [0.2, 0.25) is 0 Å². The van der Waals surface area contributed by atoms with Crippen molar-refractivity contribution in [2.24, 2.45) is 11.3 Å². The average molecular weight is 487 g/mol. The van der Waals surface area contributed by atoms with Crippen LogP contribution in [0.3, 0.4) is 0 Å². The van der Waals surface area contributed by atoms with E-state index in [2.05, 4.69) is 35.3 Å². The van der Waals surface area contributed by atoms with E-state index in [1.54, 1.807) is 18.3 Å². The maximum absolute atomic E-state index is 13.4. The SMILES string of the molecule is CCCC(CC1CCC2=Cc3c(cnn3-c3ccc(F)cc3)CC21C)NC(=O)CCc1cccnc1. The second kappa shape index (κ2) is 10.4. The smallest absolute Gasteiger partial charge is 0.220 e. The Balaban J connectivity index is 1.27. The highest BCUT2D eigenvalue weighted by Gasteiger charge is 2.46. The molecule has 1 aromatic carbocycles. The van der Waals surface area contributed by atoms with Crippen molar-refractivity contribution in [3.63, 3.8) is 0 Å². The van der Waals surface area contributed by atoms with Crippen molar-refractivity contribution in [2.45, 2.75) is 71.3 Å². The molecule has 0 radical (unpaired) electrons. The molecule has 0 spiro atoms. The minimum absolute atomic E-state index is 0.0795. The summed E-state index contributed by atoms with van der Waals surface area (Å²) in [4.78, 5) is 16.9. The summed E-state index contributed by atoms with van der Waals surface area (Å²) in [6, 6.07) is 10.6. The van der Waals surface area contributed by atoms with Crippen LogP contribution in [0.5, 0.6) is 0 Å². The minimum Gasteiger partial charge on any atom is -0.353 e. The molecule has 2 aromatic heterocycles. The monoisotopic (exact) mass is 486 g/mol. The Bertz CT molecular complexity index is 1230. The Morgan fingerprint density at radius 1 is 1.25 bits per heavy atom. The van der Waals surface area contributed by atoms with E-state index in [0.29, 0.717) is 18.8 Å². The minimum atomic E-state index is -0.241. The van der Waals surface area contributed by atoms with Crippen LogP contribution in [-0.4, -0.2) is 26.7 Å². The number of nitrogens with one attached hydrogen (secondary N) is 1. The van der Waals surface area contributed by atoms with Gasteiger partial charge < -0.3 is 5.32 Å². The third-order valence-corrected chi connectivity index (χ3v) is 8.16. The first-order valence-corrected chi connectivity index (χ1v) is 13.2. The highest BCUT2D eigenvalue weighted by Crippen LogP contribution is 2.54. The zero-order valence-electron chi connectivity index (χ0n) is 21.2. The topological polar surface area (TPSA) is 59.8 Å². The number of fused-ring (bicyclic) bond motifs is 2. The van der Waals surface area contributed by atoms with Gasteiger partial charge in [-0.2, -0.15) is 5.10 Å². The molecule has 2 heterocycles. The van der Waals surface area contributed by atoms with Crippen LogP contribution in [-0.2, 0) is 17.6 Å². The molecule has 0 bridgehead atoms. The summed E-state index contributed by atoms with van der Waals surface area (Å²) in [6.07, 6.45) is 15.3. The van der Waals surface area contributed by atoms with Crippen LogP contribution < -0.4 is 5.32 Å². The number of aryl methyl sites for hydroxylation is 1. The second-order valence-corrected chi connectivity index (χ2v) is 10.6. The fourth-order valence-corrected chi connectivity index (χ4v) is 6.14. The molecule has 1 saturated carbocycles. The molecule has 6 heteroatoms. The van der Waals surface area contributed by atoms with Crippen molar-refractivity contribution < 1.29 is 9.18 Å². The Kier molecular flexibility index (Phi) is 7.04. The van der Waals surface area contributed by atoms with Crippen LogP contribution in [0.1, 0.15) is 69.2 Å². The predicted octanol–water partition coefficient (Wildman–Crippen LogP) is 6.07. The largest absolute Gasteiger partial charge is 0.353 e. The first-order chi connectivity index (χ1) is 17.5. The van der Waals surface area contributed by atoms with E-state index in [0.717, 1.165) is 55.5 Å². The fraction of sp³-hybridized carbons (Fsp3) is 0.433. The molecular weight excluding hydrogens is 451 g/mol. The van der Waals surface area contributed by atoms with Gasteiger partial charge in [0, 0.05) is 24.9 Å². The van der Waals surface area contributed by atoms with Gasteiger partial charge in [0.2, 0.25) is 5.91 Å². The summed E-state index contributed by atoms with van der Waals surface area (Å²) in [5.41, 5.74) is 5.88. The van der Waals surface area contributed by atoms with E-state index in [1.807, 2.05) is 29.2 Å². The summed E-state index contributed by atoms with van der Waals surface area (Å²) < 4.78 is 15.4. The van der Waals surface area contributed by atoms with Crippen molar-refractivity contribution in [3.8, 4) is 5.69 Å². The molecule has 3 aromatic rings. The molecular formula is C30H35FN4O. The lowest BCUT2D eigenvalue weighted by Gasteiger charge is -2.37. The molecule has 3 unspecified atom stereocenters. The summed E-state index contributed by atoms with van der Waals surface area (Å²) in [6.45, 7) is 4.58. The lowest BCUT2D eigenvalue weighted by molar-refractivity contribution is -0.122. The van der Waals surface area contributed by atoms with Crippen LogP contribution in [0.4, 0.5) is 4.39 Å². The van der Waals surface area contributed by atoms with E-state index in [1.165, 1.54) is 23.3 Å². The zero-order valence-corrected chi connectivity index (χ0v) is 21.2. The molecule has 2 aliphatic rings. The standard InChI is InChI=1S/C30H35FN4O/c1-3-5-26(34-29(36)14-7-21-6-4-15-32-19-21)16-23-8-9-24-17-28-22(18-30(23,24)2)20-33-35(28)27-12-10-25(31)11-13-27/h4,6,10-13,15,17,19-20,23,26H,3,5,7-9,14,16,18H2,1-2H3,(H,34,36). The van der Waals surface area contributed by atoms with Gasteiger partial charge in [-0.3, -0.25) is 9.78 Å². The number of hydrogen-bond donors (Lipinski definition) is 1. The average Bonchev–Trinajstić information content (AvgIpc) is 3.42. The van der Waals surface area contributed by atoms with E-state index in [-0.39, 0.29) is 23.2 Å². The number of aromatic nitrogens is 3. The molecule has 0 saturated heterocycles. The van der Waals surface area contributed by atoms with Gasteiger partial charge in [-0.25, -0.2) is 9.07 Å². The maximum Gasteiger partial charge on any atom is 0.220 e. The van der Waals surface area contributed by atoms with Crippen molar-refractivity contribution in [1.82, 2.24) is 20.1 Å². The summed E-state index contributed by atoms with van der Waals surface area (Å²) in [7, 11) is 0. The predicted molar refractivity (Wildman–Crippen MR) is 140 cm³/mol. The third-order valence-electron chi connectivity index (χ3n) is 8.16. The van der Waals surface area contributed by atoms with Gasteiger partial charge in [-0.1, -0.05) is 31.9 Å². The lowest BCUT2D eigenvalue weighted by Crippen LogP contribution is -2.39. The van der Waals surface area contributed by atoms with Gasteiger partial charge in [0.05, 0.1) is 17.6 Å². The van der Waals surface area contributed by atoms with Crippen molar-refractivity contribution in [3.05, 3.63) is 83.2 Å². The van der Waals surface area contributed by atoms with Crippen molar-refractivity contribution in [2.75, 3.05) is 0 Å². The summed E-state index contributed by atoms with van der Waals surface area (Å²) in [5.74, 6) is 0.402. The number of pyridine rings is 1. The van der Waals surface area contributed by atoms with Gasteiger partial charge >= 0.3 is 0 Å². The third kappa shape index (κ3) is 4.99. The highest BCUT2D eigenvalue weighted by molar-refractivity contribution is 5.76.